The van der Waals surface area contributed by atoms with Gasteiger partial charge in [-0.1, -0.05) is 6.92 Å². The van der Waals surface area contributed by atoms with Gasteiger partial charge in [0, 0.05) is 64.2 Å². The molecule has 31 heavy (non-hydrogen) atoms. The van der Waals surface area contributed by atoms with Crippen LogP contribution in [0.4, 0.5) is 5.69 Å². The van der Waals surface area contributed by atoms with Crippen LogP contribution in [0.3, 0.4) is 0 Å². The maximum absolute atomic E-state index is 13.2. The predicted octanol–water partition coefficient (Wildman–Crippen LogP) is 2.15. The first-order chi connectivity index (χ1) is 14.9. The molecule has 0 radical (unpaired) electrons. The normalized spacial score (nSPS) is 26.3. The van der Waals surface area contributed by atoms with Crippen LogP contribution in [0.1, 0.15) is 37.0 Å². The average Bonchev–Trinajstić information content (AvgIpc) is 2.79. The van der Waals surface area contributed by atoms with E-state index in [-0.39, 0.29) is 35.8 Å². The lowest BCUT2D eigenvalue weighted by Gasteiger charge is -2.30. The molecule has 2 N–H and O–H groups in total. The van der Waals surface area contributed by atoms with E-state index in [0.29, 0.717) is 43.4 Å². The summed E-state index contributed by atoms with van der Waals surface area (Å²) in [4.78, 5) is 27.4. The molecule has 1 fully saturated rings. The highest BCUT2D eigenvalue weighted by atomic mass is 16.5. The van der Waals surface area contributed by atoms with Gasteiger partial charge in [-0.15, -0.1) is 0 Å². The Morgan fingerprint density at radius 2 is 2.00 bits per heavy atom. The lowest BCUT2D eigenvalue weighted by atomic mass is 9.99. The lowest BCUT2D eigenvalue weighted by Crippen LogP contribution is -2.44. The SMILES string of the molecule is CO[C@@H]1CN(C)C(=O)c2ccc(NC(=O)C3CCOCC3)cc2OC[C@H](C)NC[C@H]1C. The van der Waals surface area contributed by atoms with Crippen molar-refractivity contribution in [2.24, 2.45) is 11.8 Å². The van der Waals surface area contributed by atoms with Crippen LogP contribution in [0.2, 0.25) is 0 Å². The number of rotatable bonds is 3. The van der Waals surface area contributed by atoms with E-state index in [0.717, 1.165) is 19.4 Å². The molecule has 0 aromatic heterocycles. The number of nitrogens with zero attached hydrogens (tertiary/aromatic N) is 1. The quantitative estimate of drug-likeness (QED) is 0.759. The summed E-state index contributed by atoms with van der Waals surface area (Å²) in [5.41, 5.74) is 1.10. The van der Waals surface area contributed by atoms with Gasteiger partial charge in [0.1, 0.15) is 12.4 Å². The Hall–Kier alpha value is -2.16. The van der Waals surface area contributed by atoms with E-state index in [1.165, 1.54) is 0 Å². The van der Waals surface area contributed by atoms with Crippen molar-refractivity contribution in [3.63, 3.8) is 0 Å². The highest BCUT2D eigenvalue weighted by molar-refractivity contribution is 5.98. The Balaban J connectivity index is 1.81. The smallest absolute Gasteiger partial charge is 0.257 e. The van der Waals surface area contributed by atoms with E-state index in [1.807, 2.05) is 6.92 Å². The predicted molar refractivity (Wildman–Crippen MR) is 118 cm³/mol. The van der Waals surface area contributed by atoms with Crippen LogP contribution in [0.25, 0.3) is 0 Å². The van der Waals surface area contributed by atoms with Crippen LogP contribution in [-0.2, 0) is 14.3 Å². The van der Waals surface area contributed by atoms with Gasteiger partial charge in [0.2, 0.25) is 5.91 Å². The molecule has 2 aliphatic rings. The first-order valence-corrected chi connectivity index (χ1v) is 11.1. The molecule has 8 nitrogen and oxygen atoms in total. The molecule has 0 saturated carbocycles. The van der Waals surface area contributed by atoms with Gasteiger partial charge in [0.25, 0.3) is 5.91 Å². The van der Waals surface area contributed by atoms with E-state index in [2.05, 4.69) is 17.6 Å². The number of hydrogen-bond acceptors (Lipinski definition) is 6. The van der Waals surface area contributed by atoms with Crippen molar-refractivity contribution < 1.29 is 23.8 Å². The molecule has 1 saturated heterocycles. The summed E-state index contributed by atoms with van der Waals surface area (Å²) in [5.74, 6) is 0.502. The summed E-state index contributed by atoms with van der Waals surface area (Å²) in [6.07, 6.45) is 1.37. The third-order valence-corrected chi connectivity index (χ3v) is 6.09. The van der Waals surface area contributed by atoms with Crippen LogP contribution in [0.15, 0.2) is 18.2 Å². The molecule has 0 spiro atoms. The largest absolute Gasteiger partial charge is 0.491 e. The Bertz CT molecular complexity index is 766. The van der Waals surface area contributed by atoms with Crippen molar-refractivity contribution in [1.29, 1.82) is 0 Å². The maximum Gasteiger partial charge on any atom is 0.257 e. The van der Waals surface area contributed by atoms with E-state index in [9.17, 15) is 9.59 Å². The van der Waals surface area contributed by atoms with Crippen LogP contribution in [0, 0.1) is 11.8 Å². The number of hydrogen-bond donors (Lipinski definition) is 2. The molecular weight excluding hydrogens is 398 g/mol. The third kappa shape index (κ3) is 6.18. The standard InChI is InChI=1S/C23H35N3O5/c1-15-12-24-16(2)14-31-20-11-18(25-22(27)17-7-9-30-10-8-17)5-6-19(20)23(28)26(3)13-21(15)29-4/h5-6,11,15-17,21,24H,7-10,12-14H2,1-4H3,(H,25,27)/t15-,16+,21-/m1/s1. The van der Waals surface area contributed by atoms with Gasteiger partial charge >= 0.3 is 0 Å². The first-order valence-electron chi connectivity index (χ1n) is 11.1. The van der Waals surface area contributed by atoms with Gasteiger partial charge in [-0.25, -0.2) is 0 Å². The van der Waals surface area contributed by atoms with Gasteiger partial charge in [0.15, 0.2) is 0 Å². The van der Waals surface area contributed by atoms with Gasteiger partial charge in [-0.2, -0.15) is 0 Å². The Labute approximate surface area is 184 Å². The minimum atomic E-state index is -0.132. The highest BCUT2D eigenvalue weighted by Gasteiger charge is 2.26. The molecule has 1 aromatic carbocycles. The molecule has 172 valence electrons. The average molecular weight is 434 g/mol. The van der Waals surface area contributed by atoms with E-state index in [1.54, 1.807) is 37.3 Å². The van der Waals surface area contributed by atoms with Crippen LogP contribution < -0.4 is 15.4 Å². The van der Waals surface area contributed by atoms with Crippen molar-refractivity contribution in [3.8, 4) is 5.75 Å². The molecule has 1 aromatic rings. The number of nitrogens with one attached hydrogen (secondary N) is 2. The lowest BCUT2D eigenvalue weighted by molar-refractivity contribution is -0.122. The maximum atomic E-state index is 13.2. The number of fused-ring (bicyclic) bond motifs is 1. The Kier molecular flexibility index (Phi) is 8.28. The summed E-state index contributed by atoms with van der Waals surface area (Å²) in [5, 5.41) is 6.44. The van der Waals surface area contributed by atoms with E-state index >= 15 is 0 Å². The minimum absolute atomic E-state index is 0.0215. The molecule has 2 aliphatic heterocycles. The van der Waals surface area contributed by atoms with Crippen molar-refractivity contribution >= 4 is 17.5 Å². The summed E-state index contributed by atoms with van der Waals surface area (Å²) in [7, 11) is 3.45. The fourth-order valence-corrected chi connectivity index (χ4v) is 3.94. The third-order valence-electron chi connectivity index (χ3n) is 6.09. The summed E-state index contributed by atoms with van der Waals surface area (Å²) < 4.78 is 17.0. The Morgan fingerprint density at radius 1 is 1.26 bits per heavy atom. The molecule has 3 atom stereocenters. The Morgan fingerprint density at radius 3 is 2.71 bits per heavy atom. The van der Waals surface area contributed by atoms with Crippen LogP contribution in [0.5, 0.6) is 5.75 Å². The zero-order chi connectivity index (χ0) is 22.4. The summed E-state index contributed by atoms with van der Waals surface area (Å²) in [6.45, 7) is 7.03. The number of ether oxygens (including phenoxy) is 3. The summed E-state index contributed by atoms with van der Waals surface area (Å²) >= 11 is 0. The molecule has 2 amide bonds. The van der Waals surface area contributed by atoms with Gasteiger partial charge < -0.3 is 29.7 Å². The zero-order valence-corrected chi connectivity index (χ0v) is 19.0. The molecule has 0 bridgehead atoms. The van der Waals surface area contributed by atoms with Crippen molar-refractivity contribution in [2.45, 2.75) is 38.8 Å². The van der Waals surface area contributed by atoms with E-state index < -0.39 is 0 Å². The number of benzene rings is 1. The fourth-order valence-electron chi connectivity index (χ4n) is 3.94. The molecule has 2 heterocycles. The second-order valence-electron chi connectivity index (χ2n) is 8.64. The first kappa shape index (κ1) is 23.5. The highest BCUT2D eigenvalue weighted by Crippen LogP contribution is 2.27. The van der Waals surface area contributed by atoms with Crippen molar-refractivity contribution in [2.75, 3.05) is 52.4 Å². The van der Waals surface area contributed by atoms with Gasteiger partial charge in [0.05, 0.1) is 11.7 Å². The van der Waals surface area contributed by atoms with E-state index in [4.69, 9.17) is 14.2 Å². The number of likely N-dealkylation sites (N-methyl/N-ethyl adjacent to an activating group) is 1. The molecule has 0 unspecified atom stereocenters. The van der Waals surface area contributed by atoms with Crippen molar-refractivity contribution in [3.05, 3.63) is 23.8 Å². The van der Waals surface area contributed by atoms with Gasteiger partial charge in [-0.05, 0) is 37.8 Å². The molecule has 0 aliphatic carbocycles. The number of carbonyl (C=O) groups excluding carboxylic acids is 2. The van der Waals surface area contributed by atoms with Crippen molar-refractivity contribution in [1.82, 2.24) is 10.2 Å². The monoisotopic (exact) mass is 433 g/mol. The fraction of sp³-hybridized carbons (Fsp3) is 0.652. The van der Waals surface area contributed by atoms with Gasteiger partial charge in [-0.3, -0.25) is 9.59 Å². The number of amides is 2. The second-order valence-corrected chi connectivity index (χ2v) is 8.64. The number of carbonyl (C=O) groups is 2. The second kappa shape index (κ2) is 10.9. The topological polar surface area (TPSA) is 89.1 Å². The van der Waals surface area contributed by atoms with Crippen LogP contribution >= 0.6 is 0 Å². The summed E-state index contributed by atoms with van der Waals surface area (Å²) in [6, 6.07) is 5.33. The number of methoxy groups -OCH3 is 1. The minimum Gasteiger partial charge on any atom is -0.491 e. The molecular formula is C23H35N3O5. The zero-order valence-electron chi connectivity index (χ0n) is 19.0. The molecule has 8 heteroatoms. The number of anilines is 1. The van der Waals surface area contributed by atoms with Crippen LogP contribution in [-0.4, -0.2) is 75.9 Å². The molecule has 3 rings (SSSR count).